The van der Waals surface area contributed by atoms with Crippen LogP contribution in [0.3, 0.4) is 0 Å². The minimum absolute atomic E-state index is 0. The molecule has 0 bridgehead atoms. The molecule has 0 radical (unpaired) electrons. The van der Waals surface area contributed by atoms with Crippen LogP contribution >= 0.6 is 22.7 Å². The quantitative estimate of drug-likeness (QED) is 0.522. The number of aliphatic hydroxyl groups is 1. The topological polar surface area (TPSA) is 72.3 Å². The van der Waals surface area contributed by atoms with E-state index in [-0.39, 0.29) is 50.2 Å². The average molecular weight is 386 g/mol. The molecule has 2 aromatic heterocycles. The Morgan fingerprint density at radius 2 is 1.80 bits per heavy atom. The fourth-order valence-electron chi connectivity index (χ4n) is 2.35. The third kappa shape index (κ3) is 5.39. The second kappa shape index (κ2) is 10.4. The molecule has 0 saturated carbocycles. The maximum absolute atomic E-state index is 11.3. The van der Waals surface area contributed by atoms with E-state index >= 15 is 0 Å². The number of thiazole rings is 2. The van der Waals surface area contributed by atoms with Crippen molar-refractivity contribution >= 4 is 58.2 Å². The molecule has 2 aromatic rings. The standard InChI is InChI=1S/C9H9NO2S.C7H7NOS.Al.Li.4H/c1-2-12-9(11)6-3-7-8(4-6)13-5-10-7;9-3-5-1-6-7(2-5)10-4-8-6;;;;;;/h4-5H,2-3H2,1H3;2,4,9H,1,3H2;;;;;;/q;;;+1;;;;-1. The van der Waals surface area contributed by atoms with Gasteiger partial charge in [0.1, 0.15) is 0 Å². The van der Waals surface area contributed by atoms with E-state index in [1.807, 2.05) is 17.7 Å². The summed E-state index contributed by atoms with van der Waals surface area (Å²) in [4.78, 5) is 21.9. The van der Waals surface area contributed by atoms with E-state index in [0.29, 0.717) is 13.0 Å². The van der Waals surface area contributed by atoms with Gasteiger partial charge in [0, 0.05) is 18.4 Å². The summed E-state index contributed by atoms with van der Waals surface area (Å²) in [5.41, 5.74) is 7.55. The van der Waals surface area contributed by atoms with Gasteiger partial charge in [-0.3, -0.25) is 0 Å². The summed E-state index contributed by atoms with van der Waals surface area (Å²) in [5.74, 6) is -0.215. The molecule has 0 spiro atoms. The molecule has 5 nitrogen and oxygen atoms in total. The van der Waals surface area contributed by atoms with Crippen molar-refractivity contribution < 1.29 is 34.9 Å². The number of hydrogen-bond acceptors (Lipinski definition) is 7. The number of ether oxygens (including phenoxy) is 1. The Balaban J connectivity index is 0.000000441. The minimum atomic E-state index is -0.215. The predicted octanol–water partition coefficient (Wildman–Crippen LogP) is -1.35. The summed E-state index contributed by atoms with van der Waals surface area (Å²) in [6.07, 6.45) is 5.35. The van der Waals surface area contributed by atoms with Crippen LogP contribution < -0.4 is 18.9 Å². The fourth-order valence-corrected chi connectivity index (χ4v) is 3.91. The van der Waals surface area contributed by atoms with Crippen LogP contribution in [0.15, 0.2) is 22.2 Å². The maximum Gasteiger partial charge on any atom is 1.00 e. The molecule has 0 atom stereocenters. The van der Waals surface area contributed by atoms with Gasteiger partial charge < -0.3 is 11.3 Å². The largest absolute Gasteiger partial charge is 1.00 e. The summed E-state index contributed by atoms with van der Waals surface area (Å²) in [6, 6.07) is 0. The van der Waals surface area contributed by atoms with Gasteiger partial charge in [0.05, 0.1) is 45.4 Å². The van der Waals surface area contributed by atoms with Crippen molar-refractivity contribution in [3.8, 4) is 0 Å². The van der Waals surface area contributed by atoms with Crippen LogP contribution in [0.4, 0.5) is 0 Å². The third-order valence-electron chi connectivity index (χ3n) is 3.48. The fraction of sp³-hybridized carbons (Fsp3) is 0.312. The number of carbonyl (C=O) groups excluding carboxylic acids is 1. The summed E-state index contributed by atoms with van der Waals surface area (Å²) >= 11 is 3.19. The van der Waals surface area contributed by atoms with Crippen molar-refractivity contribution in [2.75, 3.05) is 13.2 Å². The molecular weight excluding hydrogens is 366 g/mol. The molecule has 2 aliphatic rings. The first-order valence-electron chi connectivity index (χ1n) is 7.24. The number of fused-ring (bicyclic) bond motifs is 2. The van der Waals surface area contributed by atoms with Crippen molar-refractivity contribution in [1.82, 2.24) is 9.97 Å². The maximum atomic E-state index is 11.3. The molecule has 25 heavy (non-hydrogen) atoms. The second-order valence-corrected chi connectivity index (χ2v) is 6.80. The molecule has 0 aliphatic heterocycles. The van der Waals surface area contributed by atoms with Crippen LogP contribution in [0, 0.1) is 0 Å². The minimum Gasteiger partial charge on any atom is -1.00 e. The number of esters is 1. The smallest absolute Gasteiger partial charge is 1.00 e. The van der Waals surface area contributed by atoms with Gasteiger partial charge in [-0.2, -0.15) is 0 Å². The molecular formula is C16H20AlLiN2O3S2. The Morgan fingerprint density at radius 1 is 1.20 bits per heavy atom. The van der Waals surface area contributed by atoms with Crippen LogP contribution in [0.2, 0.25) is 0 Å². The number of aliphatic hydroxyl groups excluding tert-OH is 1. The van der Waals surface area contributed by atoms with Gasteiger partial charge >= 0.3 is 24.8 Å². The Morgan fingerprint density at radius 3 is 2.32 bits per heavy atom. The molecule has 1 N–H and O–H groups in total. The zero-order valence-corrected chi connectivity index (χ0v) is 15.2. The first-order valence-corrected chi connectivity index (χ1v) is 9.00. The van der Waals surface area contributed by atoms with Crippen LogP contribution in [0.5, 0.6) is 0 Å². The molecule has 9 heteroatoms. The summed E-state index contributed by atoms with van der Waals surface area (Å²) in [5, 5.41) is 8.77. The Hall–Kier alpha value is -0.700. The van der Waals surface area contributed by atoms with Gasteiger partial charge in [0.15, 0.2) is 17.4 Å². The molecule has 0 amide bonds. The van der Waals surface area contributed by atoms with Crippen LogP contribution in [0.1, 0.15) is 29.5 Å². The van der Waals surface area contributed by atoms with Crippen LogP contribution in [-0.2, 0) is 22.4 Å². The van der Waals surface area contributed by atoms with E-state index in [9.17, 15) is 4.79 Å². The zero-order chi connectivity index (χ0) is 16.2. The van der Waals surface area contributed by atoms with Crippen LogP contribution in [0.25, 0.3) is 12.2 Å². The molecule has 128 valence electrons. The molecule has 0 unspecified atom stereocenters. The number of aromatic nitrogens is 2. The van der Waals surface area contributed by atoms with Gasteiger partial charge in [-0.1, -0.05) is 0 Å². The Kier molecular flexibility index (Phi) is 9.34. The summed E-state index contributed by atoms with van der Waals surface area (Å²) in [7, 11) is 0. The molecule has 4 rings (SSSR count). The molecule has 0 aromatic carbocycles. The SMILES string of the molecule is CCOC(=O)C1=Cc2scnc2C1.OCC1=Cc2scnc2C1.[AlH3].[H-].[Li+]. The number of hydrogen-bond donors (Lipinski definition) is 1. The van der Waals surface area contributed by atoms with E-state index in [2.05, 4.69) is 9.97 Å². The van der Waals surface area contributed by atoms with E-state index in [4.69, 9.17) is 9.84 Å². The molecule has 0 saturated heterocycles. The van der Waals surface area contributed by atoms with Gasteiger partial charge in [-0.15, -0.1) is 22.7 Å². The van der Waals surface area contributed by atoms with E-state index in [1.165, 1.54) is 4.88 Å². The van der Waals surface area contributed by atoms with Gasteiger partial charge in [-0.25, -0.2) is 14.8 Å². The Bertz CT molecular complexity index is 792. The predicted molar refractivity (Wildman–Crippen MR) is 102 cm³/mol. The van der Waals surface area contributed by atoms with Crippen LogP contribution in [-0.4, -0.2) is 51.6 Å². The average Bonchev–Trinajstić information content (AvgIpc) is 3.26. The van der Waals surface area contributed by atoms with Crippen molar-refractivity contribution in [3.63, 3.8) is 0 Å². The van der Waals surface area contributed by atoms with Crippen molar-refractivity contribution in [3.05, 3.63) is 43.3 Å². The summed E-state index contributed by atoms with van der Waals surface area (Å²) in [6.45, 7) is 2.40. The van der Waals surface area contributed by atoms with Crippen molar-refractivity contribution in [2.24, 2.45) is 0 Å². The normalized spacial score (nSPS) is 13.2. The van der Waals surface area contributed by atoms with Crippen molar-refractivity contribution in [2.45, 2.75) is 19.8 Å². The third-order valence-corrected chi connectivity index (χ3v) is 5.12. The molecule has 0 fully saturated rings. The Labute approximate surface area is 178 Å². The monoisotopic (exact) mass is 386 g/mol. The summed E-state index contributed by atoms with van der Waals surface area (Å²) < 4.78 is 4.90. The van der Waals surface area contributed by atoms with E-state index < -0.39 is 0 Å². The number of carbonyl (C=O) groups is 1. The van der Waals surface area contributed by atoms with E-state index in [1.54, 1.807) is 35.1 Å². The number of rotatable bonds is 3. The van der Waals surface area contributed by atoms with E-state index in [0.717, 1.165) is 33.8 Å². The van der Waals surface area contributed by atoms with Gasteiger partial charge in [0.2, 0.25) is 0 Å². The first-order chi connectivity index (χ1) is 11.2. The first kappa shape index (κ1) is 22.3. The van der Waals surface area contributed by atoms with Crippen molar-refractivity contribution in [1.29, 1.82) is 0 Å². The van der Waals surface area contributed by atoms with Gasteiger partial charge in [0.25, 0.3) is 0 Å². The second-order valence-electron chi connectivity index (χ2n) is 5.03. The zero-order valence-electron chi connectivity index (χ0n) is 14.6. The molecule has 2 heterocycles. The molecule has 2 aliphatic carbocycles. The van der Waals surface area contributed by atoms with Gasteiger partial charge in [-0.05, 0) is 24.6 Å². The number of nitrogens with zero attached hydrogens (tertiary/aromatic N) is 2.